The lowest BCUT2D eigenvalue weighted by molar-refractivity contribution is -0.138. The number of benzene rings is 1. The molecule has 1 aromatic rings. The Morgan fingerprint density at radius 2 is 2.04 bits per heavy atom. The summed E-state index contributed by atoms with van der Waals surface area (Å²) in [5.41, 5.74) is -1.08. The third kappa shape index (κ3) is 4.36. The molecule has 0 spiro atoms. The topological polar surface area (TPSA) is 60.3 Å². The van der Waals surface area contributed by atoms with Gasteiger partial charge in [-0.05, 0) is 34.1 Å². The number of nitrogens with zero attached hydrogens (tertiary/aromatic N) is 1. The van der Waals surface area contributed by atoms with Crippen LogP contribution in [0, 0.1) is 0 Å². The van der Waals surface area contributed by atoms with Gasteiger partial charge in [0, 0.05) is 17.9 Å². The smallest absolute Gasteiger partial charge is 0.255 e. The van der Waals surface area contributed by atoms with E-state index in [0.717, 1.165) is 18.4 Å². The number of sulfone groups is 1. The molecule has 0 atom stereocenters. The normalized spacial score (nSPS) is 14.5. The second kappa shape index (κ2) is 6.37. The van der Waals surface area contributed by atoms with Crippen LogP contribution in [0.1, 0.15) is 11.1 Å². The first kappa shape index (κ1) is 17.6. The van der Waals surface area contributed by atoms with E-state index in [2.05, 4.69) is 31.8 Å². The van der Waals surface area contributed by atoms with Crippen LogP contribution in [0.3, 0.4) is 0 Å². The van der Waals surface area contributed by atoms with Crippen molar-refractivity contribution in [1.82, 2.24) is 9.98 Å². The van der Waals surface area contributed by atoms with Crippen LogP contribution in [-0.4, -0.2) is 26.4 Å². The number of rotatable bonds is 3. The fourth-order valence-corrected chi connectivity index (χ4v) is 2.86. The predicted octanol–water partition coefficient (Wildman–Crippen LogP) is 2.18. The van der Waals surface area contributed by atoms with Crippen LogP contribution < -0.4 is 9.98 Å². The van der Waals surface area contributed by atoms with Gasteiger partial charge in [-0.2, -0.15) is 17.8 Å². The van der Waals surface area contributed by atoms with E-state index in [9.17, 15) is 21.6 Å². The predicted molar refractivity (Wildman–Crippen MR) is 85.1 cm³/mol. The molecule has 1 heterocycles. The Balaban J connectivity index is 2.37. The first-order valence-corrected chi connectivity index (χ1v) is 8.94. The summed E-state index contributed by atoms with van der Waals surface area (Å²) in [7, 11) is -3.72. The average molecular weight is 408 g/mol. The van der Waals surface area contributed by atoms with E-state index in [1.54, 1.807) is 12.2 Å². The van der Waals surface area contributed by atoms with Gasteiger partial charge < -0.3 is 0 Å². The Bertz CT molecular complexity index is 876. The highest BCUT2D eigenvalue weighted by molar-refractivity contribution is 9.12. The summed E-state index contributed by atoms with van der Waals surface area (Å²) in [5.74, 6) is 2.91. The Kier molecular flexibility index (Phi) is 4.87. The molecule has 0 saturated carbocycles. The highest BCUT2D eigenvalue weighted by atomic mass is 79.9. The first-order valence-electron chi connectivity index (χ1n) is 6.25. The second-order valence-corrected chi connectivity index (χ2v) is 7.58. The number of amidine groups is 1. The van der Waals surface area contributed by atoms with E-state index in [0.29, 0.717) is 16.4 Å². The SMILES string of the molecule is CS(=O)(=O)c1ccc(CNC2=[N+]=C=CC=C2Br)c(C(F)(F)F)c1. The quantitative estimate of drug-likeness (QED) is 0.781. The van der Waals surface area contributed by atoms with Crippen molar-refractivity contribution in [2.24, 2.45) is 0 Å². The van der Waals surface area contributed by atoms with Gasteiger partial charge in [-0.1, -0.05) is 6.07 Å². The van der Waals surface area contributed by atoms with Crippen LogP contribution in [0.5, 0.6) is 0 Å². The number of hydrogen-bond acceptors (Lipinski definition) is 3. The van der Waals surface area contributed by atoms with Crippen molar-refractivity contribution in [2.75, 3.05) is 6.26 Å². The Labute approximate surface area is 139 Å². The van der Waals surface area contributed by atoms with Crippen molar-refractivity contribution in [3.05, 3.63) is 46.0 Å². The Morgan fingerprint density at radius 3 is 2.61 bits per heavy atom. The third-order valence-corrected chi connectivity index (χ3v) is 4.72. The minimum atomic E-state index is -4.66. The van der Waals surface area contributed by atoms with E-state index in [-0.39, 0.29) is 17.0 Å². The van der Waals surface area contributed by atoms with Crippen molar-refractivity contribution in [1.29, 1.82) is 0 Å². The monoisotopic (exact) mass is 407 g/mol. The second-order valence-electron chi connectivity index (χ2n) is 4.71. The van der Waals surface area contributed by atoms with Crippen molar-refractivity contribution >= 4 is 37.5 Å². The van der Waals surface area contributed by atoms with E-state index in [4.69, 9.17) is 0 Å². The maximum absolute atomic E-state index is 13.2. The van der Waals surface area contributed by atoms with Crippen molar-refractivity contribution in [2.45, 2.75) is 17.6 Å². The molecule has 0 fully saturated rings. The lowest BCUT2D eigenvalue weighted by Gasteiger charge is -2.13. The van der Waals surface area contributed by atoms with Crippen molar-refractivity contribution in [3.8, 4) is 0 Å². The van der Waals surface area contributed by atoms with E-state index < -0.39 is 21.6 Å². The van der Waals surface area contributed by atoms with E-state index in [1.807, 2.05) is 0 Å². The number of nitrogens with one attached hydrogen (secondary N) is 1. The Morgan fingerprint density at radius 1 is 1.35 bits per heavy atom. The average Bonchev–Trinajstić information content (AvgIpc) is 2.44. The summed E-state index contributed by atoms with van der Waals surface area (Å²) in [5, 5.41) is 2.76. The van der Waals surface area contributed by atoms with Crippen LogP contribution in [0.4, 0.5) is 13.2 Å². The summed E-state index contributed by atoms with van der Waals surface area (Å²) in [6, 6.07) is 2.94. The molecule has 0 radical (unpaired) electrons. The van der Waals surface area contributed by atoms with Crippen LogP contribution in [-0.2, 0) is 22.6 Å². The summed E-state index contributed by atoms with van der Waals surface area (Å²) in [6.07, 6.45) is -0.601. The standard InChI is InChI=1S/C14H10BrF3N2O2S/c1-23(21,22)10-5-4-9(11(7-10)14(16,17)18)8-20-13-12(15)3-2-6-19-13/h2-5,7H,8H2,1H3/p+1. The van der Waals surface area contributed by atoms with E-state index >= 15 is 0 Å². The Hall–Kier alpha value is -1.79. The zero-order chi connectivity index (χ0) is 17.3. The van der Waals surface area contributed by atoms with Crippen molar-refractivity contribution in [3.63, 3.8) is 0 Å². The third-order valence-electron chi connectivity index (χ3n) is 2.97. The van der Waals surface area contributed by atoms with Crippen LogP contribution in [0.15, 0.2) is 39.7 Å². The zero-order valence-electron chi connectivity index (χ0n) is 11.8. The summed E-state index contributed by atoms with van der Waals surface area (Å²) < 4.78 is 66.9. The number of alkyl halides is 3. The molecule has 1 aliphatic heterocycles. The molecule has 4 nitrogen and oxygen atoms in total. The molecule has 1 aliphatic rings. The molecule has 23 heavy (non-hydrogen) atoms. The molecule has 0 unspecified atom stereocenters. The van der Waals surface area contributed by atoms with Gasteiger partial charge in [0.15, 0.2) is 15.7 Å². The first-order chi connectivity index (χ1) is 10.6. The van der Waals surface area contributed by atoms with Gasteiger partial charge in [0.1, 0.15) is 11.0 Å². The van der Waals surface area contributed by atoms with Gasteiger partial charge in [0.05, 0.1) is 10.5 Å². The van der Waals surface area contributed by atoms with Gasteiger partial charge >= 0.3 is 12.0 Å². The molecule has 0 bridgehead atoms. The van der Waals surface area contributed by atoms with E-state index in [1.165, 1.54) is 0 Å². The molecule has 2 rings (SSSR count). The minimum absolute atomic E-state index is 0.0811. The molecular formula is C14H11BrF3N2O2S+. The molecule has 1 N–H and O–H groups in total. The number of halogens is 4. The highest BCUT2D eigenvalue weighted by Crippen LogP contribution is 2.33. The van der Waals surface area contributed by atoms with Gasteiger partial charge in [-0.25, -0.2) is 8.42 Å². The fourth-order valence-electron chi connectivity index (χ4n) is 1.85. The molecular weight excluding hydrogens is 397 g/mol. The molecule has 0 saturated heterocycles. The van der Waals surface area contributed by atoms with Gasteiger partial charge in [0.25, 0.3) is 0 Å². The van der Waals surface area contributed by atoms with Gasteiger partial charge in [0.2, 0.25) is 0 Å². The van der Waals surface area contributed by atoms with Gasteiger partial charge in [-0.3, -0.25) is 5.32 Å². The summed E-state index contributed by atoms with van der Waals surface area (Å²) >= 11 is 3.22. The minimum Gasteiger partial charge on any atom is -0.255 e. The molecule has 122 valence electrons. The maximum atomic E-state index is 13.2. The molecule has 0 aliphatic carbocycles. The lowest BCUT2D eigenvalue weighted by atomic mass is 10.1. The molecule has 0 amide bonds. The van der Waals surface area contributed by atoms with Crippen LogP contribution >= 0.6 is 15.9 Å². The van der Waals surface area contributed by atoms with Crippen LogP contribution in [0.2, 0.25) is 0 Å². The van der Waals surface area contributed by atoms with Gasteiger partial charge in [-0.15, -0.1) is 0 Å². The zero-order valence-corrected chi connectivity index (χ0v) is 14.2. The lowest BCUT2D eigenvalue weighted by Crippen LogP contribution is -2.27. The van der Waals surface area contributed by atoms with Crippen molar-refractivity contribution < 1.29 is 21.6 Å². The maximum Gasteiger partial charge on any atom is 0.416 e. The fraction of sp³-hybridized carbons (Fsp3) is 0.214. The molecule has 1 aromatic carbocycles. The number of allylic oxidation sites excluding steroid dienone is 2. The number of hydrogen-bond donors (Lipinski definition) is 1. The van der Waals surface area contributed by atoms with Crippen LogP contribution in [0.25, 0.3) is 0 Å². The molecule has 0 aromatic heterocycles. The summed E-state index contributed by atoms with van der Waals surface area (Å²) in [6.45, 7) is -0.164. The highest BCUT2D eigenvalue weighted by Gasteiger charge is 2.35. The largest absolute Gasteiger partial charge is 0.416 e. The molecule has 9 heteroatoms. The summed E-state index contributed by atoms with van der Waals surface area (Å²) in [4.78, 5) is -0.374.